The van der Waals surface area contributed by atoms with Crippen LogP contribution in [0.4, 0.5) is 0 Å². The molecule has 1 aromatic heterocycles. The summed E-state index contributed by atoms with van der Waals surface area (Å²) < 4.78 is 0. The number of nitrogens with one attached hydrogen (secondary N) is 1. The zero-order valence-electron chi connectivity index (χ0n) is 9.79. The van der Waals surface area contributed by atoms with Gasteiger partial charge in [0.2, 0.25) is 0 Å². The van der Waals surface area contributed by atoms with Crippen LogP contribution in [-0.4, -0.2) is 11.9 Å². The van der Waals surface area contributed by atoms with Crippen molar-refractivity contribution >= 4 is 28.8 Å². The predicted molar refractivity (Wildman–Crippen MR) is 74.7 cm³/mol. The minimum absolute atomic E-state index is 0.390. The van der Waals surface area contributed by atoms with Gasteiger partial charge in [-0.15, -0.1) is 11.3 Å². The molecule has 1 aliphatic carbocycles. The van der Waals surface area contributed by atoms with E-state index in [4.69, 9.17) is 22.4 Å². The molecule has 0 spiro atoms. The van der Waals surface area contributed by atoms with Crippen molar-refractivity contribution in [3.8, 4) is 0 Å². The minimum atomic E-state index is 0.390. The Hall–Kier alpha value is -0.580. The number of hydrogen-bond acceptors (Lipinski definition) is 3. The zero-order valence-corrected chi connectivity index (χ0v) is 11.4. The van der Waals surface area contributed by atoms with Crippen LogP contribution in [0.5, 0.6) is 0 Å². The van der Waals surface area contributed by atoms with Crippen molar-refractivity contribution in [2.45, 2.75) is 44.6 Å². The van der Waals surface area contributed by atoms with Crippen LogP contribution in [0.3, 0.4) is 0 Å². The fraction of sp³-hybridized carbons (Fsp3) is 0.583. The molecule has 0 aromatic carbocycles. The van der Waals surface area contributed by atoms with E-state index >= 15 is 0 Å². The van der Waals surface area contributed by atoms with E-state index in [1.54, 1.807) is 11.3 Å². The van der Waals surface area contributed by atoms with Crippen LogP contribution in [0.15, 0.2) is 16.4 Å². The summed E-state index contributed by atoms with van der Waals surface area (Å²) in [5.41, 5.74) is 2.69. The lowest BCUT2D eigenvalue weighted by Gasteiger charge is -2.11. The fourth-order valence-corrected chi connectivity index (χ4v) is 3.30. The molecule has 3 N–H and O–H groups in total. The quantitative estimate of drug-likeness (QED) is 0.285. The molecule has 0 aliphatic heterocycles. The van der Waals surface area contributed by atoms with Crippen LogP contribution < -0.4 is 11.3 Å². The second kappa shape index (κ2) is 6.38. The van der Waals surface area contributed by atoms with Gasteiger partial charge in [-0.2, -0.15) is 0 Å². The number of hydrogen-bond donors (Lipinski definition) is 2. The summed E-state index contributed by atoms with van der Waals surface area (Å²) in [5, 5.41) is 2.68. The molecule has 0 unspecified atom stereocenters. The lowest BCUT2D eigenvalue weighted by molar-refractivity contribution is 0.583. The Morgan fingerprint density at radius 3 is 2.59 bits per heavy atom. The van der Waals surface area contributed by atoms with Gasteiger partial charge in [-0.3, -0.25) is 4.99 Å². The average molecular weight is 272 g/mol. The molecular formula is C12H18ClN3S. The molecule has 3 nitrogen and oxygen atoms in total. The second-order valence-electron chi connectivity index (χ2n) is 4.37. The predicted octanol–water partition coefficient (Wildman–Crippen LogP) is 3.33. The van der Waals surface area contributed by atoms with Crippen LogP contribution in [0.25, 0.3) is 0 Å². The topological polar surface area (TPSA) is 50.4 Å². The molecule has 1 aromatic rings. The van der Waals surface area contributed by atoms with Gasteiger partial charge < -0.3 is 5.43 Å². The van der Waals surface area contributed by atoms with Gasteiger partial charge in [0.1, 0.15) is 0 Å². The first kappa shape index (κ1) is 12.9. The third kappa shape index (κ3) is 3.44. The number of thiophene rings is 1. The normalized spacial score (nSPS) is 19.1. The Morgan fingerprint density at radius 1 is 1.35 bits per heavy atom. The summed E-state index contributed by atoms with van der Waals surface area (Å²) >= 11 is 7.67. The molecule has 17 heavy (non-hydrogen) atoms. The zero-order chi connectivity index (χ0) is 12.1. The Bertz CT molecular complexity index is 381. The van der Waals surface area contributed by atoms with E-state index in [2.05, 4.69) is 5.43 Å². The molecule has 1 aliphatic rings. The smallest absolute Gasteiger partial charge is 0.154 e. The number of nitrogens with zero attached hydrogens (tertiary/aromatic N) is 1. The molecule has 2 rings (SSSR count). The maximum absolute atomic E-state index is 6.10. The molecule has 1 fully saturated rings. The Kier molecular flexibility index (Phi) is 4.83. The van der Waals surface area contributed by atoms with Gasteiger partial charge in [0, 0.05) is 0 Å². The van der Waals surface area contributed by atoms with Crippen molar-refractivity contribution < 1.29 is 0 Å². The first-order chi connectivity index (χ1) is 8.31. The van der Waals surface area contributed by atoms with Crippen LogP contribution in [0.1, 0.15) is 43.4 Å². The maximum atomic E-state index is 6.10. The largest absolute Gasteiger partial charge is 0.308 e. The highest BCUT2D eigenvalue weighted by Crippen LogP contribution is 2.24. The van der Waals surface area contributed by atoms with Gasteiger partial charge in [0.25, 0.3) is 0 Å². The fourth-order valence-electron chi connectivity index (χ4n) is 2.19. The van der Waals surface area contributed by atoms with E-state index in [0.29, 0.717) is 6.04 Å². The lowest BCUT2D eigenvalue weighted by Crippen LogP contribution is -2.32. The highest BCUT2D eigenvalue weighted by atomic mass is 35.5. The Labute approximate surface area is 111 Å². The summed E-state index contributed by atoms with van der Waals surface area (Å²) in [6.07, 6.45) is 7.52. The van der Waals surface area contributed by atoms with Crippen LogP contribution in [-0.2, 0) is 0 Å². The summed E-state index contributed by atoms with van der Waals surface area (Å²) in [7, 11) is 0. The first-order valence-electron chi connectivity index (χ1n) is 6.09. The Morgan fingerprint density at radius 2 is 2.06 bits per heavy atom. The highest BCUT2D eigenvalue weighted by molar-refractivity contribution is 7.12. The molecule has 1 heterocycles. The van der Waals surface area contributed by atoms with Gasteiger partial charge in [0.15, 0.2) is 5.84 Å². The van der Waals surface area contributed by atoms with E-state index < -0.39 is 0 Å². The maximum Gasteiger partial charge on any atom is 0.154 e. The van der Waals surface area contributed by atoms with E-state index in [0.717, 1.165) is 28.6 Å². The summed E-state index contributed by atoms with van der Waals surface area (Å²) in [6, 6.07) is 2.27. The van der Waals surface area contributed by atoms with Crippen LogP contribution in [0.2, 0.25) is 5.02 Å². The molecule has 5 heteroatoms. The van der Waals surface area contributed by atoms with Gasteiger partial charge in [-0.25, -0.2) is 5.84 Å². The number of nitrogens with two attached hydrogens (primary N) is 1. The average Bonchev–Trinajstić information content (AvgIpc) is 2.62. The van der Waals surface area contributed by atoms with Gasteiger partial charge in [-0.1, -0.05) is 37.3 Å². The van der Waals surface area contributed by atoms with Crippen molar-refractivity contribution in [2.75, 3.05) is 0 Å². The molecule has 0 amide bonds. The molecule has 0 atom stereocenters. The van der Waals surface area contributed by atoms with Gasteiger partial charge >= 0.3 is 0 Å². The van der Waals surface area contributed by atoms with Crippen molar-refractivity contribution in [1.82, 2.24) is 5.43 Å². The minimum Gasteiger partial charge on any atom is -0.308 e. The number of hydrazine groups is 1. The molecule has 0 saturated heterocycles. The highest BCUT2D eigenvalue weighted by Gasteiger charge is 2.14. The number of rotatable bonds is 2. The Balaban J connectivity index is 2.14. The van der Waals surface area contributed by atoms with Crippen molar-refractivity contribution in [3.05, 3.63) is 21.3 Å². The second-order valence-corrected chi connectivity index (χ2v) is 5.69. The molecule has 0 bridgehead atoms. The lowest BCUT2D eigenvalue weighted by atomic mass is 10.1. The standard InChI is InChI=1S/C12H18ClN3S/c13-10-7-8-17-11(10)12(16-14)15-9-5-3-1-2-4-6-9/h7-9H,1-6,14H2,(H,15,16). The van der Waals surface area contributed by atoms with E-state index in [1.165, 1.54) is 25.7 Å². The molecule has 1 saturated carbocycles. The van der Waals surface area contributed by atoms with Crippen molar-refractivity contribution in [1.29, 1.82) is 0 Å². The van der Waals surface area contributed by atoms with Crippen molar-refractivity contribution in [3.63, 3.8) is 0 Å². The summed E-state index contributed by atoms with van der Waals surface area (Å²) in [5.74, 6) is 6.29. The van der Waals surface area contributed by atoms with Crippen molar-refractivity contribution in [2.24, 2.45) is 10.8 Å². The summed E-state index contributed by atoms with van der Waals surface area (Å²) in [4.78, 5) is 5.67. The van der Waals surface area contributed by atoms with E-state index in [-0.39, 0.29) is 0 Å². The summed E-state index contributed by atoms with van der Waals surface area (Å²) in [6.45, 7) is 0. The third-order valence-electron chi connectivity index (χ3n) is 3.11. The third-order valence-corrected chi connectivity index (χ3v) is 4.45. The van der Waals surface area contributed by atoms with Crippen LogP contribution in [0, 0.1) is 0 Å². The van der Waals surface area contributed by atoms with Gasteiger partial charge in [-0.05, 0) is 24.3 Å². The molecule has 0 radical (unpaired) electrons. The van der Waals surface area contributed by atoms with Crippen LogP contribution >= 0.6 is 22.9 Å². The number of aliphatic imine (C=N–C) groups is 1. The SMILES string of the molecule is NNC(=NC1CCCCCC1)c1sccc1Cl. The van der Waals surface area contributed by atoms with E-state index in [1.807, 2.05) is 11.4 Å². The molecular weight excluding hydrogens is 254 g/mol. The monoisotopic (exact) mass is 271 g/mol. The molecule has 94 valence electrons. The van der Waals surface area contributed by atoms with Gasteiger partial charge in [0.05, 0.1) is 15.9 Å². The first-order valence-corrected chi connectivity index (χ1v) is 7.35. The van der Waals surface area contributed by atoms with E-state index in [9.17, 15) is 0 Å². The number of amidine groups is 1. The number of halogens is 1.